The highest BCUT2D eigenvalue weighted by atomic mass is 16.2. The van der Waals surface area contributed by atoms with E-state index in [1.807, 2.05) is 41.3 Å². The Kier molecular flexibility index (Phi) is 7.77. The van der Waals surface area contributed by atoms with Gasteiger partial charge >= 0.3 is 6.03 Å². The van der Waals surface area contributed by atoms with Gasteiger partial charge in [-0.15, -0.1) is 0 Å². The summed E-state index contributed by atoms with van der Waals surface area (Å²) in [6, 6.07) is 17.8. The molecule has 2 aliphatic heterocycles. The van der Waals surface area contributed by atoms with Crippen LogP contribution in [0.2, 0.25) is 0 Å². The van der Waals surface area contributed by atoms with Gasteiger partial charge in [0.15, 0.2) is 0 Å². The molecule has 0 unspecified atom stereocenters. The lowest BCUT2D eigenvalue weighted by atomic mass is 10.0. The van der Waals surface area contributed by atoms with E-state index in [0.29, 0.717) is 25.2 Å². The first-order valence-electron chi connectivity index (χ1n) is 11.9. The van der Waals surface area contributed by atoms with Gasteiger partial charge in [-0.05, 0) is 62.0 Å². The van der Waals surface area contributed by atoms with E-state index in [9.17, 15) is 9.59 Å². The molecule has 2 aromatic carbocycles. The van der Waals surface area contributed by atoms with Gasteiger partial charge in [0.25, 0.3) is 5.91 Å². The van der Waals surface area contributed by atoms with Crippen molar-refractivity contribution in [1.29, 1.82) is 0 Å². The predicted octanol–water partition coefficient (Wildman–Crippen LogP) is 3.78. The van der Waals surface area contributed by atoms with Crippen LogP contribution in [0.25, 0.3) is 0 Å². The van der Waals surface area contributed by atoms with Crippen LogP contribution in [-0.2, 0) is 13.1 Å². The van der Waals surface area contributed by atoms with Gasteiger partial charge in [0.05, 0.1) is 0 Å². The summed E-state index contributed by atoms with van der Waals surface area (Å²) in [6.07, 6.45) is 5.44. The Morgan fingerprint density at radius 2 is 1.47 bits per heavy atom. The number of benzene rings is 2. The van der Waals surface area contributed by atoms with E-state index in [-0.39, 0.29) is 18.0 Å². The molecule has 32 heavy (non-hydrogen) atoms. The van der Waals surface area contributed by atoms with Gasteiger partial charge in [-0.2, -0.15) is 0 Å². The molecule has 0 atom stereocenters. The molecule has 2 saturated heterocycles. The molecule has 6 nitrogen and oxygen atoms in total. The van der Waals surface area contributed by atoms with Gasteiger partial charge < -0.3 is 15.5 Å². The van der Waals surface area contributed by atoms with Crippen LogP contribution in [0.5, 0.6) is 0 Å². The molecule has 3 amide bonds. The van der Waals surface area contributed by atoms with Crippen LogP contribution in [0.4, 0.5) is 4.79 Å². The Morgan fingerprint density at radius 3 is 2.19 bits per heavy atom. The normalized spacial score (nSPS) is 17.7. The van der Waals surface area contributed by atoms with Crippen molar-refractivity contribution in [2.24, 2.45) is 0 Å². The number of rotatable bonds is 6. The van der Waals surface area contributed by atoms with Crippen molar-refractivity contribution in [2.45, 2.75) is 51.2 Å². The van der Waals surface area contributed by atoms with E-state index in [2.05, 4.69) is 33.7 Å². The first-order chi connectivity index (χ1) is 15.7. The maximum absolute atomic E-state index is 12.7. The average Bonchev–Trinajstić information content (AvgIpc) is 2.85. The molecule has 0 aliphatic carbocycles. The smallest absolute Gasteiger partial charge is 0.317 e. The minimum atomic E-state index is -0.0428. The zero-order chi connectivity index (χ0) is 22.2. The summed E-state index contributed by atoms with van der Waals surface area (Å²) in [5.74, 6) is -0.0428. The minimum Gasteiger partial charge on any atom is -0.349 e. The highest BCUT2D eigenvalue weighted by Crippen LogP contribution is 2.17. The van der Waals surface area contributed by atoms with Crippen LogP contribution in [-0.4, -0.2) is 54.0 Å². The Morgan fingerprint density at radius 1 is 0.812 bits per heavy atom. The Hall–Kier alpha value is -2.86. The van der Waals surface area contributed by atoms with Crippen LogP contribution in [0.3, 0.4) is 0 Å². The monoisotopic (exact) mass is 434 g/mol. The third-order valence-corrected chi connectivity index (χ3v) is 6.54. The van der Waals surface area contributed by atoms with Crippen LogP contribution in [0, 0.1) is 0 Å². The molecule has 0 radical (unpaired) electrons. The summed E-state index contributed by atoms with van der Waals surface area (Å²) in [4.78, 5) is 29.5. The lowest BCUT2D eigenvalue weighted by Crippen LogP contribution is -2.49. The summed E-state index contributed by atoms with van der Waals surface area (Å²) in [5, 5.41) is 6.21. The average molecular weight is 435 g/mol. The second kappa shape index (κ2) is 11.1. The fourth-order valence-electron chi connectivity index (χ4n) is 4.61. The Bertz CT molecular complexity index is 888. The number of piperidine rings is 2. The number of carbonyl (C=O) groups is 2. The fourth-order valence-corrected chi connectivity index (χ4v) is 4.61. The van der Waals surface area contributed by atoms with Crippen LogP contribution in [0.15, 0.2) is 54.6 Å². The highest BCUT2D eigenvalue weighted by molar-refractivity contribution is 5.94. The third-order valence-electron chi connectivity index (χ3n) is 6.54. The molecule has 2 fully saturated rings. The fraction of sp³-hybridized carbons (Fsp3) is 0.462. The van der Waals surface area contributed by atoms with Crippen LogP contribution in [0.1, 0.15) is 53.6 Å². The van der Waals surface area contributed by atoms with E-state index in [1.165, 1.54) is 30.4 Å². The molecular weight excluding hydrogens is 400 g/mol. The number of nitrogens with one attached hydrogen (secondary N) is 2. The molecule has 2 heterocycles. The van der Waals surface area contributed by atoms with Crippen LogP contribution < -0.4 is 10.6 Å². The molecule has 2 aliphatic rings. The van der Waals surface area contributed by atoms with Gasteiger partial charge in [-0.25, -0.2) is 4.79 Å². The summed E-state index contributed by atoms with van der Waals surface area (Å²) in [7, 11) is 0. The Balaban J connectivity index is 1.23. The molecule has 2 aromatic rings. The lowest BCUT2D eigenvalue weighted by Gasteiger charge is -2.32. The van der Waals surface area contributed by atoms with Crippen LogP contribution >= 0.6 is 0 Å². The van der Waals surface area contributed by atoms with E-state index in [0.717, 1.165) is 32.5 Å². The number of hydrogen-bond acceptors (Lipinski definition) is 3. The van der Waals surface area contributed by atoms with Crippen molar-refractivity contribution < 1.29 is 9.59 Å². The van der Waals surface area contributed by atoms with Gasteiger partial charge in [0, 0.05) is 37.8 Å². The Labute approximate surface area is 191 Å². The van der Waals surface area contributed by atoms with Crippen molar-refractivity contribution >= 4 is 11.9 Å². The molecule has 0 aromatic heterocycles. The van der Waals surface area contributed by atoms with Gasteiger partial charge in [-0.3, -0.25) is 9.69 Å². The second-order valence-corrected chi connectivity index (χ2v) is 8.87. The van der Waals surface area contributed by atoms with Crippen molar-refractivity contribution in [3.05, 3.63) is 71.3 Å². The third kappa shape index (κ3) is 6.10. The van der Waals surface area contributed by atoms with Crippen molar-refractivity contribution in [3.8, 4) is 0 Å². The van der Waals surface area contributed by atoms with E-state index < -0.39 is 0 Å². The van der Waals surface area contributed by atoms with Gasteiger partial charge in [-0.1, -0.05) is 48.9 Å². The number of likely N-dealkylation sites (tertiary alicyclic amines) is 2. The van der Waals surface area contributed by atoms with Crippen molar-refractivity contribution in [1.82, 2.24) is 20.4 Å². The van der Waals surface area contributed by atoms with Gasteiger partial charge in [0.1, 0.15) is 0 Å². The maximum atomic E-state index is 12.7. The van der Waals surface area contributed by atoms with Crippen molar-refractivity contribution in [3.63, 3.8) is 0 Å². The molecule has 4 rings (SSSR count). The molecule has 0 bridgehead atoms. The van der Waals surface area contributed by atoms with E-state index in [1.54, 1.807) is 0 Å². The molecule has 0 saturated carbocycles. The van der Waals surface area contributed by atoms with Gasteiger partial charge in [0.2, 0.25) is 0 Å². The number of amides is 3. The van der Waals surface area contributed by atoms with E-state index >= 15 is 0 Å². The largest absolute Gasteiger partial charge is 0.349 e. The zero-order valence-electron chi connectivity index (χ0n) is 18.8. The topological polar surface area (TPSA) is 64.7 Å². The second-order valence-electron chi connectivity index (χ2n) is 8.87. The summed E-state index contributed by atoms with van der Waals surface area (Å²) in [5.41, 5.74) is 3.17. The number of nitrogens with zero attached hydrogens (tertiary/aromatic N) is 2. The number of urea groups is 1. The molecular formula is C26H34N4O2. The highest BCUT2D eigenvalue weighted by Gasteiger charge is 2.24. The minimum absolute atomic E-state index is 0.0226. The lowest BCUT2D eigenvalue weighted by molar-refractivity contribution is 0.0918. The van der Waals surface area contributed by atoms with Crippen molar-refractivity contribution in [2.75, 3.05) is 26.2 Å². The SMILES string of the molecule is O=C(NC1CCN(C(=O)NCc2ccccc2CN2CCCCC2)CC1)c1ccccc1. The number of hydrogen-bond donors (Lipinski definition) is 2. The zero-order valence-corrected chi connectivity index (χ0v) is 18.8. The first kappa shape index (κ1) is 22.3. The predicted molar refractivity (Wildman–Crippen MR) is 126 cm³/mol. The van der Waals surface area contributed by atoms with E-state index in [4.69, 9.17) is 0 Å². The summed E-state index contributed by atoms with van der Waals surface area (Å²) < 4.78 is 0. The summed E-state index contributed by atoms with van der Waals surface area (Å²) >= 11 is 0. The standard InChI is InChI=1S/C26H34N4O2/c31-25(21-9-3-1-4-10-21)28-24-13-17-30(18-14-24)26(32)27-19-22-11-5-6-12-23(22)20-29-15-7-2-8-16-29/h1,3-6,9-12,24H,2,7-8,13-20H2,(H,27,32)(H,28,31). The molecule has 6 heteroatoms. The number of carbonyl (C=O) groups excluding carboxylic acids is 2. The summed E-state index contributed by atoms with van der Waals surface area (Å²) in [6.45, 7) is 5.14. The molecule has 2 N–H and O–H groups in total. The maximum Gasteiger partial charge on any atom is 0.317 e. The molecule has 0 spiro atoms. The first-order valence-corrected chi connectivity index (χ1v) is 11.9. The quantitative estimate of drug-likeness (QED) is 0.727. The molecule has 170 valence electrons.